The molecule has 1 aromatic carbocycles. The highest BCUT2D eigenvalue weighted by molar-refractivity contribution is 7.89. The van der Waals surface area contributed by atoms with Crippen molar-refractivity contribution in [2.45, 2.75) is 62.3 Å². The number of imide groups is 1. The molecule has 2 amide bonds. The van der Waals surface area contributed by atoms with Crippen molar-refractivity contribution in [3.63, 3.8) is 0 Å². The number of anilines is 1. The minimum atomic E-state index is -3.71. The van der Waals surface area contributed by atoms with Crippen LogP contribution >= 0.6 is 11.3 Å². The molecule has 7 nitrogen and oxygen atoms in total. The highest BCUT2D eigenvalue weighted by atomic mass is 32.2. The second kappa shape index (κ2) is 8.33. The van der Waals surface area contributed by atoms with Gasteiger partial charge in [0, 0.05) is 24.1 Å². The fourth-order valence-electron chi connectivity index (χ4n) is 3.87. The van der Waals surface area contributed by atoms with Gasteiger partial charge < -0.3 is 0 Å². The van der Waals surface area contributed by atoms with Gasteiger partial charge in [-0.1, -0.05) is 19.3 Å². The van der Waals surface area contributed by atoms with Gasteiger partial charge in [0.05, 0.1) is 22.8 Å². The molecular formula is C20H23N3O4S2. The maximum atomic E-state index is 12.6. The first-order valence-electron chi connectivity index (χ1n) is 9.84. The molecule has 1 saturated heterocycles. The van der Waals surface area contributed by atoms with Crippen molar-refractivity contribution in [3.05, 3.63) is 40.3 Å². The van der Waals surface area contributed by atoms with Crippen LogP contribution in [-0.4, -0.2) is 25.2 Å². The Kier molecular flexibility index (Phi) is 5.80. The Labute approximate surface area is 174 Å². The van der Waals surface area contributed by atoms with Crippen molar-refractivity contribution in [2.24, 2.45) is 0 Å². The number of carbonyl (C=O) groups is 2. The third-order valence-electron chi connectivity index (χ3n) is 5.46. The number of carbonyl (C=O) groups excluding carboxylic acids is 2. The summed E-state index contributed by atoms with van der Waals surface area (Å²) in [7, 11) is -3.71. The summed E-state index contributed by atoms with van der Waals surface area (Å²) in [6.07, 6.45) is 6.44. The largest absolute Gasteiger partial charge is 0.274 e. The van der Waals surface area contributed by atoms with Gasteiger partial charge in [-0.3, -0.25) is 14.5 Å². The topological polar surface area (TPSA) is 96.4 Å². The Balaban J connectivity index is 1.40. The second-order valence-corrected chi connectivity index (χ2v) is 10.2. The van der Waals surface area contributed by atoms with E-state index in [9.17, 15) is 18.0 Å². The maximum Gasteiger partial charge on any atom is 0.240 e. The summed E-state index contributed by atoms with van der Waals surface area (Å²) in [5, 5.41) is 2.79. The van der Waals surface area contributed by atoms with E-state index in [4.69, 9.17) is 0 Å². The molecule has 2 heterocycles. The monoisotopic (exact) mass is 433 g/mol. The third-order valence-corrected chi connectivity index (χ3v) is 7.75. The molecular weight excluding hydrogens is 410 g/mol. The molecule has 1 N–H and O–H groups in total. The molecule has 2 aromatic rings. The number of hydrogen-bond acceptors (Lipinski definition) is 6. The Morgan fingerprint density at radius 1 is 1.03 bits per heavy atom. The molecule has 1 saturated carbocycles. The summed E-state index contributed by atoms with van der Waals surface area (Å²) in [6.45, 7) is 0.143. The first-order valence-corrected chi connectivity index (χ1v) is 12.2. The predicted molar refractivity (Wildman–Crippen MR) is 110 cm³/mol. The lowest BCUT2D eigenvalue weighted by atomic mass is 9.87. The van der Waals surface area contributed by atoms with Crippen molar-refractivity contribution in [1.29, 1.82) is 0 Å². The SMILES string of the molecule is O=C1CCC(=O)N1c1ccc(S(=O)(=O)NCc2nc(C3CCCCC3)cs2)cc1. The number of amides is 2. The summed E-state index contributed by atoms with van der Waals surface area (Å²) >= 11 is 1.48. The van der Waals surface area contributed by atoms with Gasteiger partial charge in [-0.05, 0) is 37.1 Å². The lowest BCUT2D eigenvalue weighted by Gasteiger charge is -2.19. The van der Waals surface area contributed by atoms with E-state index in [1.54, 1.807) is 0 Å². The predicted octanol–water partition coefficient (Wildman–Crippen LogP) is 3.32. The van der Waals surface area contributed by atoms with Crippen molar-refractivity contribution >= 4 is 38.9 Å². The van der Waals surface area contributed by atoms with E-state index in [-0.39, 0.29) is 36.1 Å². The highest BCUT2D eigenvalue weighted by Gasteiger charge is 2.30. The minimum Gasteiger partial charge on any atom is -0.274 e. The van der Waals surface area contributed by atoms with Gasteiger partial charge in [-0.2, -0.15) is 0 Å². The zero-order valence-electron chi connectivity index (χ0n) is 16.0. The van der Waals surface area contributed by atoms with Crippen LogP contribution in [0.5, 0.6) is 0 Å². The van der Waals surface area contributed by atoms with Crippen molar-refractivity contribution in [1.82, 2.24) is 9.71 Å². The van der Waals surface area contributed by atoms with E-state index >= 15 is 0 Å². The number of benzene rings is 1. The molecule has 0 atom stereocenters. The first kappa shape index (κ1) is 20.2. The molecule has 2 fully saturated rings. The summed E-state index contributed by atoms with van der Waals surface area (Å²) in [5.74, 6) is -0.0311. The maximum absolute atomic E-state index is 12.6. The van der Waals surface area contributed by atoms with Crippen LogP contribution in [0.15, 0.2) is 34.5 Å². The number of rotatable bonds is 6. The number of nitrogens with zero attached hydrogens (tertiary/aromatic N) is 2. The van der Waals surface area contributed by atoms with Crippen LogP contribution in [-0.2, 0) is 26.2 Å². The molecule has 9 heteroatoms. The molecule has 1 aliphatic carbocycles. The third kappa shape index (κ3) is 4.41. The summed E-state index contributed by atoms with van der Waals surface area (Å²) < 4.78 is 27.8. The van der Waals surface area contributed by atoms with Gasteiger partial charge >= 0.3 is 0 Å². The Morgan fingerprint density at radius 2 is 1.69 bits per heavy atom. The fourth-order valence-corrected chi connectivity index (χ4v) is 5.77. The molecule has 0 radical (unpaired) electrons. The summed E-state index contributed by atoms with van der Waals surface area (Å²) in [4.78, 5) is 29.4. The normalized spacial score (nSPS) is 18.6. The van der Waals surface area contributed by atoms with E-state index in [1.807, 2.05) is 5.38 Å². The Hall–Kier alpha value is -2.10. The molecule has 0 bridgehead atoms. The highest BCUT2D eigenvalue weighted by Crippen LogP contribution is 2.33. The van der Waals surface area contributed by atoms with Crippen LogP contribution in [0.2, 0.25) is 0 Å². The Bertz CT molecular complexity index is 993. The average molecular weight is 434 g/mol. The summed E-state index contributed by atoms with van der Waals surface area (Å²) in [6, 6.07) is 5.79. The van der Waals surface area contributed by atoms with Gasteiger partial charge in [0.25, 0.3) is 0 Å². The molecule has 1 aromatic heterocycles. The number of hydrogen-bond donors (Lipinski definition) is 1. The van der Waals surface area contributed by atoms with E-state index in [0.29, 0.717) is 11.6 Å². The van der Waals surface area contributed by atoms with E-state index in [1.165, 1.54) is 54.9 Å². The smallest absolute Gasteiger partial charge is 0.240 e. The number of aromatic nitrogens is 1. The second-order valence-electron chi connectivity index (χ2n) is 7.44. The van der Waals surface area contributed by atoms with Crippen LogP contribution in [0.3, 0.4) is 0 Å². The Morgan fingerprint density at radius 3 is 2.34 bits per heavy atom. The molecule has 2 aliphatic rings. The minimum absolute atomic E-state index is 0.0874. The van der Waals surface area contributed by atoms with Crippen molar-refractivity contribution in [2.75, 3.05) is 4.90 Å². The number of nitrogens with one attached hydrogen (secondary N) is 1. The molecule has 4 rings (SSSR count). The van der Waals surface area contributed by atoms with Gasteiger partial charge in [0.1, 0.15) is 5.01 Å². The molecule has 1 aliphatic heterocycles. The van der Waals surface area contributed by atoms with Crippen LogP contribution < -0.4 is 9.62 Å². The first-order chi connectivity index (χ1) is 13.9. The van der Waals surface area contributed by atoms with Gasteiger partial charge in [-0.15, -0.1) is 11.3 Å². The molecule has 154 valence electrons. The van der Waals surface area contributed by atoms with E-state index in [2.05, 4.69) is 9.71 Å². The van der Waals surface area contributed by atoms with E-state index < -0.39 is 10.0 Å². The zero-order chi connectivity index (χ0) is 20.4. The van der Waals surface area contributed by atoms with Crippen LogP contribution in [0, 0.1) is 0 Å². The quantitative estimate of drug-likeness (QED) is 0.705. The molecule has 29 heavy (non-hydrogen) atoms. The lowest BCUT2D eigenvalue weighted by Crippen LogP contribution is -2.28. The standard InChI is InChI=1S/C20H23N3O4S2/c24-19-10-11-20(25)23(19)15-6-8-16(9-7-15)29(26,27)21-12-18-22-17(13-28-18)14-4-2-1-3-5-14/h6-9,13-14,21H,1-5,10-12H2. The lowest BCUT2D eigenvalue weighted by molar-refractivity contribution is -0.121. The molecule has 0 spiro atoms. The van der Waals surface area contributed by atoms with Gasteiger partial charge in [0.15, 0.2) is 0 Å². The van der Waals surface area contributed by atoms with Crippen LogP contribution in [0.1, 0.15) is 61.6 Å². The zero-order valence-corrected chi connectivity index (χ0v) is 17.6. The van der Waals surface area contributed by atoms with Crippen molar-refractivity contribution < 1.29 is 18.0 Å². The van der Waals surface area contributed by atoms with Gasteiger partial charge in [0.2, 0.25) is 21.8 Å². The number of thiazole rings is 1. The number of sulfonamides is 1. The molecule has 0 unspecified atom stereocenters. The summed E-state index contributed by atoms with van der Waals surface area (Å²) in [5.41, 5.74) is 1.47. The fraction of sp³-hybridized carbons (Fsp3) is 0.450. The van der Waals surface area contributed by atoms with E-state index in [0.717, 1.165) is 28.4 Å². The average Bonchev–Trinajstić information content (AvgIpc) is 3.34. The van der Waals surface area contributed by atoms with Crippen molar-refractivity contribution in [3.8, 4) is 0 Å². The van der Waals surface area contributed by atoms with Crippen LogP contribution in [0.4, 0.5) is 5.69 Å². The van der Waals surface area contributed by atoms with Crippen LogP contribution in [0.25, 0.3) is 0 Å². The van der Waals surface area contributed by atoms with Gasteiger partial charge in [-0.25, -0.2) is 18.1 Å².